The Morgan fingerprint density at radius 1 is 0.816 bits per heavy atom. The lowest BCUT2D eigenvalue weighted by Crippen LogP contribution is -2.59. The zero-order valence-corrected chi connectivity index (χ0v) is 26.0. The van der Waals surface area contributed by atoms with Crippen molar-refractivity contribution in [2.24, 2.45) is 5.73 Å². The molecule has 4 N–H and O–H groups in total. The number of primary amides is 1. The minimum Gasteiger partial charge on any atom is -0.485 e. The minimum atomic E-state index is -5.14. The van der Waals surface area contributed by atoms with E-state index in [0.717, 1.165) is 48.5 Å². The van der Waals surface area contributed by atoms with E-state index in [2.05, 4.69) is 9.47 Å². The van der Waals surface area contributed by atoms with E-state index in [0.29, 0.717) is 0 Å². The van der Waals surface area contributed by atoms with Gasteiger partial charge < -0.3 is 39.8 Å². The van der Waals surface area contributed by atoms with Crippen molar-refractivity contribution in [3.8, 4) is 23.0 Å². The minimum absolute atomic E-state index is 0.0572. The molecule has 2 heterocycles. The first-order chi connectivity index (χ1) is 22.5. The Balaban J connectivity index is 1.86. The van der Waals surface area contributed by atoms with Gasteiger partial charge in [0.05, 0.1) is 17.0 Å². The number of fused-ring (bicyclic) bond motifs is 2. The molecule has 0 saturated carbocycles. The summed E-state index contributed by atoms with van der Waals surface area (Å²) in [4.78, 5) is 24.5. The molecule has 12 nitrogen and oxygen atoms in total. The molecule has 0 aliphatic carbocycles. The number of ether oxygens (including phenoxy) is 4. The summed E-state index contributed by atoms with van der Waals surface area (Å²) in [5, 5.41) is 35.9. The number of nitrogens with two attached hydrogens (primary N) is 1. The zero-order valence-electron chi connectivity index (χ0n) is 26.0. The number of benzene rings is 3. The normalized spacial score (nSPS) is 22.4. The highest BCUT2D eigenvalue weighted by molar-refractivity contribution is 5.97. The number of hydrogen-bond donors (Lipinski definition) is 3. The Morgan fingerprint density at radius 3 is 1.61 bits per heavy atom. The van der Waals surface area contributed by atoms with Gasteiger partial charge in [-0.3, -0.25) is 14.9 Å². The number of alkyl halides is 6. The Labute approximate surface area is 273 Å². The fraction of sp³-hybridized carbons (Fsp3) is 0.387. The molecule has 49 heavy (non-hydrogen) atoms. The molecule has 2 aliphatic rings. The number of carbonyl (C=O) groups is 1. The number of nitrogens with zero attached hydrogens (tertiary/aromatic N) is 2. The molecule has 0 radical (unpaired) electrons. The summed E-state index contributed by atoms with van der Waals surface area (Å²) in [6, 6.07) is 5.92. The largest absolute Gasteiger partial charge is 0.573 e. The first-order valence-electron chi connectivity index (χ1n) is 14.4. The SMILES string of the molecule is CC1(C)Oc2ccc(OC(F)(F)F)cc2[C@@H](N(c2ccc(C(N)=O)c([N+](=O)[O-])c2)[C@@H]2c3cc(OC(F)(F)F)ccc3OC(C)(C)[C@H]2O)[C@@H]1O. The smallest absolute Gasteiger partial charge is 0.485 e. The van der Waals surface area contributed by atoms with Gasteiger partial charge >= 0.3 is 12.7 Å². The van der Waals surface area contributed by atoms with Crippen LogP contribution < -0.4 is 29.6 Å². The van der Waals surface area contributed by atoms with Crippen LogP contribution in [0.2, 0.25) is 0 Å². The van der Waals surface area contributed by atoms with E-state index in [9.17, 15) is 51.5 Å². The van der Waals surface area contributed by atoms with Gasteiger partial charge in [0.15, 0.2) is 0 Å². The van der Waals surface area contributed by atoms with E-state index in [1.54, 1.807) is 0 Å². The van der Waals surface area contributed by atoms with E-state index >= 15 is 0 Å². The molecule has 4 atom stereocenters. The molecule has 264 valence electrons. The van der Waals surface area contributed by atoms with Crippen LogP contribution in [0.4, 0.5) is 37.7 Å². The van der Waals surface area contributed by atoms with Crippen LogP contribution in [0.5, 0.6) is 23.0 Å². The van der Waals surface area contributed by atoms with Crippen molar-refractivity contribution in [1.82, 2.24) is 0 Å². The van der Waals surface area contributed by atoms with Gasteiger partial charge in [0.1, 0.15) is 52.0 Å². The number of carbonyl (C=O) groups excluding carboxylic acids is 1. The summed E-state index contributed by atoms with van der Waals surface area (Å²) >= 11 is 0. The fourth-order valence-corrected chi connectivity index (χ4v) is 6.02. The van der Waals surface area contributed by atoms with Gasteiger partial charge in [0, 0.05) is 22.9 Å². The van der Waals surface area contributed by atoms with Crippen LogP contribution in [0.25, 0.3) is 0 Å². The molecule has 1 amide bonds. The molecular weight excluding hydrogens is 672 g/mol. The highest BCUT2D eigenvalue weighted by Crippen LogP contribution is 2.53. The summed E-state index contributed by atoms with van der Waals surface area (Å²) in [7, 11) is 0. The number of hydrogen-bond acceptors (Lipinski definition) is 10. The van der Waals surface area contributed by atoms with Crippen molar-refractivity contribution < 1.29 is 65.2 Å². The summed E-state index contributed by atoms with van der Waals surface area (Å²) in [5.74, 6) is -2.77. The second-order valence-corrected chi connectivity index (χ2v) is 12.4. The van der Waals surface area contributed by atoms with Gasteiger partial charge in [-0.15, -0.1) is 26.3 Å². The lowest BCUT2D eigenvalue weighted by Gasteiger charge is -2.53. The van der Waals surface area contributed by atoms with Crippen molar-refractivity contribution in [2.75, 3.05) is 4.90 Å². The number of halogens is 6. The van der Waals surface area contributed by atoms with Crippen molar-refractivity contribution in [3.05, 3.63) is 81.4 Å². The Hall–Kier alpha value is -4.97. The summed E-state index contributed by atoms with van der Waals surface area (Å²) in [6.07, 6.45) is -13.7. The third kappa shape index (κ3) is 6.96. The van der Waals surface area contributed by atoms with Crippen molar-refractivity contribution in [1.29, 1.82) is 0 Å². The lowest BCUT2D eigenvalue weighted by atomic mass is 9.80. The Morgan fingerprint density at radius 2 is 1.24 bits per heavy atom. The number of amides is 1. The number of aliphatic hydroxyl groups is 2. The highest BCUT2D eigenvalue weighted by Gasteiger charge is 2.53. The van der Waals surface area contributed by atoms with Crippen LogP contribution in [0.1, 0.15) is 61.3 Å². The molecular formula is C31H29F6N3O9. The van der Waals surface area contributed by atoms with E-state index in [1.165, 1.54) is 38.7 Å². The molecule has 0 spiro atoms. The van der Waals surface area contributed by atoms with Crippen LogP contribution in [0.3, 0.4) is 0 Å². The predicted octanol–water partition coefficient (Wildman–Crippen LogP) is 5.84. The van der Waals surface area contributed by atoms with Crippen molar-refractivity contribution in [3.63, 3.8) is 0 Å². The number of aliphatic hydroxyl groups excluding tert-OH is 2. The maximum Gasteiger partial charge on any atom is 0.573 e. The first-order valence-corrected chi connectivity index (χ1v) is 14.4. The summed E-state index contributed by atoms with van der Waals surface area (Å²) in [5.41, 5.74) is 0.427. The van der Waals surface area contributed by atoms with E-state index in [4.69, 9.17) is 15.2 Å². The molecule has 0 bridgehead atoms. The molecule has 0 unspecified atom stereocenters. The average molecular weight is 702 g/mol. The Kier molecular flexibility index (Phi) is 8.56. The Bertz CT molecular complexity index is 1710. The third-order valence-electron chi connectivity index (χ3n) is 8.18. The van der Waals surface area contributed by atoms with Gasteiger partial charge in [-0.1, -0.05) is 0 Å². The quantitative estimate of drug-likeness (QED) is 0.155. The number of nitro benzene ring substituents is 1. The third-order valence-corrected chi connectivity index (χ3v) is 8.18. The highest BCUT2D eigenvalue weighted by atomic mass is 19.4. The van der Waals surface area contributed by atoms with Gasteiger partial charge in [-0.05, 0) is 76.2 Å². The molecule has 0 fully saturated rings. The van der Waals surface area contributed by atoms with E-state index in [1.807, 2.05) is 0 Å². The fourth-order valence-electron chi connectivity index (χ4n) is 6.02. The van der Waals surface area contributed by atoms with Gasteiger partial charge in [0.2, 0.25) is 0 Å². The first kappa shape index (κ1) is 35.3. The van der Waals surface area contributed by atoms with Gasteiger partial charge in [-0.2, -0.15) is 0 Å². The predicted molar refractivity (Wildman–Crippen MR) is 157 cm³/mol. The maximum absolute atomic E-state index is 13.3. The zero-order chi connectivity index (χ0) is 36.4. The molecule has 2 aliphatic heterocycles. The monoisotopic (exact) mass is 701 g/mol. The maximum atomic E-state index is 13.3. The number of rotatable bonds is 7. The summed E-state index contributed by atoms with van der Waals surface area (Å²) in [6.45, 7) is 5.77. The molecule has 3 aromatic rings. The second kappa shape index (κ2) is 11.9. The standard InChI is InChI=1S/C31H29F6N3O9/c1-28(2)25(41)23(18-12-15(46-30(32,33)34)6-9-21(18)48-28)39(14-5-8-17(27(38)43)20(11-14)40(44)45)24-19-13-16(47-31(35,36)37)7-10-22(19)49-29(3,4)26(24)42/h5-13,23-26,41-42H,1-4H3,(H2,38,43)/t23-,24-,25+,26+/m1/s1. The number of nitro groups is 1. The molecule has 18 heteroatoms. The van der Waals surface area contributed by atoms with E-state index in [-0.39, 0.29) is 28.3 Å². The van der Waals surface area contributed by atoms with Crippen LogP contribution >= 0.6 is 0 Å². The molecule has 0 aromatic heterocycles. The summed E-state index contributed by atoms with van der Waals surface area (Å²) < 4.78 is 99.9. The van der Waals surface area contributed by atoms with Gasteiger partial charge in [0.25, 0.3) is 11.6 Å². The van der Waals surface area contributed by atoms with Crippen LogP contribution in [-0.2, 0) is 0 Å². The van der Waals surface area contributed by atoms with Crippen molar-refractivity contribution in [2.45, 2.75) is 75.9 Å². The van der Waals surface area contributed by atoms with Crippen LogP contribution in [0, 0.1) is 10.1 Å². The average Bonchev–Trinajstić information content (AvgIpc) is 2.95. The topological polar surface area (TPSA) is 167 Å². The molecule has 0 saturated heterocycles. The number of anilines is 1. The second-order valence-electron chi connectivity index (χ2n) is 12.4. The molecule has 3 aromatic carbocycles. The van der Waals surface area contributed by atoms with Gasteiger partial charge in [-0.25, -0.2) is 0 Å². The van der Waals surface area contributed by atoms with Crippen LogP contribution in [-0.4, -0.2) is 57.2 Å². The van der Waals surface area contributed by atoms with E-state index < -0.39 is 81.8 Å². The lowest BCUT2D eigenvalue weighted by molar-refractivity contribution is -0.385. The van der Waals surface area contributed by atoms with Crippen LogP contribution in [0.15, 0.2) is 54.6 Å². The molecule has 5 rings (SSSR count). The van der Waals surface area contributed by atoms with Crippen molar-refractivity contribution >= 4 is 17.3 Å².